The highest BCUT2D eigenvalue weighted by atomic mass is 32.1. The molecule has 0 radical (unpaired) electrons. The van der Waals surface area contributed by atoms with Gasteiger partial charge in [0.1, 0.15) is 0 Å². The Hall–Kier alpha value is -2.22. The summed E-state index contributed by atoms with van der Waals surface area (Å²) < 4.78 is 1.75. The lowest BCUT2D eigenvalue weighted by Crippen LogP contribution is -2.33. The van der Waals surface area contributed by atoms with E-state index in [-0.39, 0.29) is 24.3 Å². The molecule has 0 atom stereocenters. The predicted octanol–water partition coefficient (Wildman–Crippen LogP) is 2.01. The van der Waals surface area contributed by atoms with Crippen molar-refractivity contribution in [2.24, 2.45) is 5.92 Å². The first-order valence-electron chi connectivity index (χ1n) is 8.03. The highest BCUT2D eigenvalue weighted by molar-refractivity contribution is 7.07. The van der Waals surface area contributed by atoms with Gasteiger partial charge in [0, 0.05) is 18.7 Å². The summed E-state index contributed by atoms with van der Waals surface area (Å²) in [5.74, 6) is -0.750. The van der Waals surface area contributed by atoms with Crippen molar-refractivity contribution in [2.75, 3.05) is 0 Å². The number of carbonyl (C=O) groups excluding carboxylic acids is 1. The number of thiophene rings is 1. The summed E-state index contributed by atoms with van der Waals surface area (Å²) in [6, 6.07) is 2.21. The monoisotopic (exact) mass is 348 g/mol. The van der Waals surface area contributed by atoms with Gasteiger partial charge in [0.15, 0.2) is 0 Å². The average molecular weight is 348 g/mol. The fourth-order valence-corrected chi connectivity index (χ4v) is 3.73. The van der Waals surface area contributed by atoms with E-state index in [1.165, 1.54) is 0 Å². The molecule has 0 saturated heterocycles. The first-order valence-corrected chi connectivity index (χ1v) is 8.97. The number of carboxylic acids is 1. The van der Waals surface area contributed by atoms with Gasteiger partial charge >= 0.3 is 5.97 Å². The van der Waals surface area contributed by atoms with E-state index in [0.717, 1.165) is 31.2 Å². The molecule has 1 aliphatic carbocycles. The largest absolute Gasteiger partial charge is 0.481 e. The number of nitrogens with one attached hydrogen (secondary N) is 1. The van der Waals surface area contributed by atoms with E-state index < -0.39 is 5.97 Å². The fourth-order valence-electron chi connectivity index (χ4n) is 3.06. The Morgan fingerprint density at radius 3 is 2.79 bits per heavy atom. The molecule has 3 rings (SSSR count). The highest BCUT2D eigenvalue weighted by Crippen LogP contribution is 2.31. The maximum Gasteiger partial charge on any atom is 0.309 e. The number of carboxylic acid groups (broad SMARTS) is 1. The van der Waals surface area contributed by atoms with Crippen LogP contribution in [0.25, 0.3) is 0 Å². The summed E-state index contributed by atoms with van der Waals surface area (Å²) in [5.41, 5.74) is 1.61. The average Bonchev–Trinajstić information content (AvgIpc) is 3.24. The molecule has 2 aromatic rings. The Morgan fingerprint density at radius 2 is 2.12 bits per heavy atom. The Kier molecular flexibility index (Phi) is 5.24. The summed E-state index contributed by atoms with van der Waals surface area (Å²) in [7, 11) is 0. The molecular weight excluding hydrogens is 328 g/mol. The third-order valence-corrected chi connectivity index (χ3v) is 5.11. The van der Waals surface area contributed by atoms with Gasteiger partial charge in [0.05, 0.1) is 18.2 Å². The molecule has 2 N–H and O–H groups in total. The van der Waals surface area contributed by atoms with Crippen LogP contribution in [-0.4, -0.2) is 32.0 Å². The maximum absolute atomic E-state index is 12.3. The zero-order valence-corrected chi connectivity index (χ0v) is 14.0. The Balaban J connectivity index is 1.47. The van der Waals surface area contributed by atoms with Gasteiger partial charge < -0.3 is 10.4 Å². The van der Waals surface area contributed by atoms with Crippen LogP contribution in [0.15, 0.2) is 23.0 Å². The van der Waals surface area contributed by atoms with Crippen molar-refractivity contribution in [3.8, 4) is 0 Å². The van der Waals surface area contributed by atoms with Gasteiger partial charge in [-0.25, -0.2) is 4.68 Å². The summed E-state index contributed by atoms with van der Waals surface area (Å²) in [6.07, 6.45) is 4.93. The van der Waals surface area contributed by atoms with Crippen LogP contribution in [0.4, 0.5) is 0 Å². The number of rotatable bonds is 6. The van der Waals surface area contributed by atoms with Gasteiger partial charge in [-0.05, 0) is 48.1 Å². The van der Waals surface area contributed by atoms with Crippen LogP contribution in [0.1, 0.15) is 43.0 Å². The van der Waals surface area contributed by atoms with Gasteiger partial charge in [-0.2, -0.15) is 11.3 Å². The third-order valence-electron chi connectivity index (χ3n) is 4.38. The second-order valence-corrected chi connectivity index (χ2v) is 6.90. The molecule has 2 aromatic heterocycles. The molecule has 0 unspecified atom stereocenters. The Labute approximate surface area is 143 Å². The molecule has 0 aliphatic heterocycles. The van der Waals surface area contributed by atoms with E-state index in [1.807, 2.05) is 16.8 Å². The van der Waals surface area contributed by atoms with Crippen LogP contribution in [0, 0.1) is 5.92 Å². The number of amides is 1. The fraction of sp³-hybridized carbons (Fsp3) is 0.500. The molecule has 128 valence electrons. The number of carbonyl (C=O) groups is 2. The second-order valence-electron chi connectivity index (χ2n) is 6.12. The molecule has 8 heteroatoms. The Morgan fingerprint density at radius 1 is 1.33 bits per heavy atom. The van der Waals surface area contributed by atoms with E-state index in [4.69, 9.17) is 5.11 Å². The summed E-state index contributed by atoms with van der Waals surface area (Å²) in [4.78, 5) is 23.0. The molecule has 0 spiro atoms. The first kappa shape index (κ1) is 16.6. The lowest BCUT2D eigenvalue weighted by Gasteiger charge is -2.27. The molecule has 0 bridgehead atoms. The second kappa shape index (κ2) is 7.57. The molecule has 24 heavy (non-hydrogen) atoms. The zero-order chi connectivity index (χ0) is 16.9. The van der Waals surface area contributed by atoms with Crippen LogP contribution >= 0.6 is 11.3 Å². The molecule has 7 nitrogen and oxygen atoms in total. The van der Waals surface area contributed by atoms with Gasteiger partial charge in [-0.15, -0.1) is 5.10 Å². The molecule has 0 aromatic carbocycles. The molecule has 1 aliphatic rings. The van der Waals surface area contributed by atoms with E-state index in [9.17, 15) is 9.59 Å². The smallest absolute Gasteiger partial charge is 0.309 e. The minimum absolute atomic E-state index is 0.0434. The quantitative estimate of drug-likeness (QED) is 0.832. The topological polar surface area (TPSA) is 97.1 Å². The summed E-state index contributed by atoms with van der Waals surface area (Å²) in [5, 5.41) is 23.8. The number of aliphatic carboxylic acids is 1. The van der Waals surface area contributed by atoms with Crippen LogP contribution < -0.4 is 5.32 Å². The van der Waals surface area contributed by atoms with Gasteiger partial charge in [0.25, 0.3) is 0 Å². The molecular formula is C16H20N4O3S. The summed E-state index contributed by atoms with van der Waals surface area (Å²) >= 11 is 1.63. The normalized spacial score (nSPS) is 20.7. The van der Waals surface area contributed by atoms with Crippen LogP contribution in [0.5, 0.6) is 0 Å². The molecule has 2 heterocycles. The molecule has 1 fully saturated rings. The van der Waals surface area contributed by atoms with Crippen molar-refractivity contribution in [1.82, 2.24) is 20.3 Å². The lowest BCUT2D eigenvalue weighted by atomic mass is 9.85. The van der Waals surface area contributed by atoms with Crippen molar-refractivity contribution in [2.45, 2.75) is 44.7 Å². The minimum atomic E-state index is -0.909. The minimum Gasteiger partial charge on any atom is -0.481 e. The van der Waals surface area contributed by atoms with Gasteiger partial charge in [0.2, 0.25) is 5.91 Å². The van der Waals surface area contributed by atoms with Crippen LogP contribution in [0.3, 0.4) is 0 Å². The number of hydrogen-bond donors (Lipinski definition) is 2. The first-order chi connectivity index (χ1) is 11.6. The highest BCUT2D eigenvalue weighted by Gasteiger charge is 2.27. The van der Waals surface area contributed by atoms with Crippen molar-refractivity contribution in [3.63, 3.8) is 0 Å². The van der Waals surface area contributed by atoms with E-state index >= 15 is 0 Å². The van der Waals surface area contributed by atoms with Gasteiger partial charge in [-0.3, -0.25) is 9.59 Å². The lowest BCUT2D eigenvalue weighted by molar-refractivity contribution is -0.136. The molecule has 1 amide bonds. The van der Waals surface area contributed by atoms with Crippen molar-refractivity contribution >= 4 is 23.2 Å². The number of nitrogens with zero attached hydrogens (tertiary/aromatic N) is 3. The van der Waals surface area contributed by atoms with E-state index in [1.54, 1.807) is 22.2 Å². The SMILES string of the molecule is O=C(O)Cc1cn(C2CCC(C(=O)NCc3ccsc3)CC2)nn1. The van der Waals surface area contributed by atoms with Crippen LogP contribution in [0.2, 0.25) is 0 Å². The van der Waals surface area contributed by atoms with Crippen molar-refractivity contribution in [3.05, 3.63) is 34.3 Å². The maximum atomic E-state index is 12.3. The zero-order valence-electron chi connectivity index (χ0n) is 13.2. The van der Waals surface area contributed by atoms with Crippen molar-refractivity contribution in [1.29, 1.82) is 0 Å². The number of hydrogen-bond acceptors (Lipinski definition) is 5. The standard InChI is InChI=1S/C16H20N4O3S/c21-15(22)7-13-9-20(19-18-13)14-3-1-12(2-4-14)16(23)17-8-11-5-6-24-10-11/h5-6,9-10,12,14H,1-4,7-8H2,(H,17,23)(H,21,22). The molecule has 1 saturated carbocycles. The number of aromatic nitrogens is 3. The third kappa shape index (κ3) is 4.19. The van der Waals surface area contributed by atoms with Crippen LogP contribution in [-0.2, 0) is 22.6 Å². The van der Waals surface area contributed by atoms with E-state index in [2.05, 4.69) is 15.6 Å². The predicted molar refractivity (Wildman–Crippen MR) is 88.5 cm³/mol. The Bertz CT molecular complexity index is 690. The van der Waals surface area contributed by atoms with Gasteiger partial charge in [-0.1, -0.05) is 5.21 Å². The summed E-state index contributed by atoms with van der Waals surface area (Å²) in [6.45, 7) is 0.587. The van der Waals surface area contributed by atoms with Crippen molar-refractivity contribution < 1.29 is 14.7 Å². The van der Waals surface area contributed by atoms with E-state index in [0.29, 0.717) is 12.2 Å².